The van der Waals surface area contributed by atoms with Gasteiger partial charge < -0.3 is 5.32 Å². The molecule has 1 amide bonds. The molecule has 102 valence electrons. The van der Waals surface area contributed by atoms with E-state index in [1.165, 1.54) is 6.92 Å². The van der Waals surface area contributed by atoms with Crippen LogP contribution in [0.1, 0.15) is 17.3 Å². The highest BCUT2D eigenvalue weighted by molar-refractivity contribution is 6.84. The predicted octanol–water partition coefficient (Wildman–Crippen LogP) is 2.10. The maximum absolute atomic E-state index is 12.6. The first kappa shape index (κ1) is 14.3. The van der Waals surface area contributed by atoms with Gasteiger partial charge >= 0.3 is 0 Å². The molecule has 1 atom stereocenters. The molecule has 0 fully saturated rings. The van der Waals surface area contributed by atoms with Crippen LogP contribution in [0, 0.1) is 0 Å². The summed E-state index contributed by atoms with van der Waals surface area (Å²) in [6.07, 6.45) is 0.540. The molecule has 3 nitrogen and oxygen atoms in total. The van der Waals surface area contributed by atoms with Crippen LogP contribution in [0.4, 0.5) is 0 Å². The third-order valence-corrected chi connectivity index (χ3v) is 5.06. The zero-order valence-corrected chi connectivity index (χ0v) is 12.4. The van der Waals surface area contributed by atoms with Crippen molar-refractivity contribution in [2.24, 2.45) is 0 Å². The monoisotopic (exact) mass is 283 g/mol. The number of carbonyl (C=O) groups is 2. The Morgan fingerprint density at radius 3 is 2.25 bits per heavy atom. The molecule has 0 spiro atoms. The van der Waals surface area contributed by atoms with Crippen molar-refractivity contribution in [3.8, 4) is 0 Å². The van der Waals surface area contributed by atoms with Gasteiger partial charge in [0.25, 0.3) is 0 Å². The largest absolute Gasteiger partial charge is 0.346 e. The Hall–Kier alpha value is -2.07. The minimum absolute atomic E-state index is 0.120. The van der Waals surface area contributed by atoms with E-state index in [9.17, 15) is 9.59 Å². The predicted molar refractivity (Wildman–Crippen MR) is 80.8 cm³/mol. The van der Waals surface area contributed by atoms with Gasteiger partial charge in [-0.05, 0) is 12.0 Å². The fourth-order valence-corrected chi connectivity index (χ4v) is 3.76. The molecule has 1 aromatic carbocycles. The van der Waals surface area contributed by atoms with Crippen LogP contribution in [0.3, 0.4) is 0 Å². The Morgan fingerprint density at radius 2 is 1.65 bits per heavy atom. The van der Waals surface area contributed by atoms with Gasteiger partial charge in [0, 0.05) is 6.92 Å². The molecule has 1 N–H and O–H groups in total. The van der Waals surface area contributed by atoms with E-state index in [1.807, 2.05) is 59.9 Å². The van der Waals surface area contributed by atoms with Gasteiger partial charge in [-0.3, -0.25) is 9.59 Å². The number of nitrogens with one attached hydrogen (secondary N) is 1. The molecule has 0 aliphatic heterocycles. The van der Waals surface area contributed by atoms with Crippen LogP contribution < -0.4 is 5.32 Å². The van der Waals surface area contributed by atoms with E-state index in [-0.39, 0.29) is 11.3 Å². The molecular formula is C16H17NO2Si. The van der Waals surface area contributed by atoms with Crippen molar-refractivity contribution >= 4 is 19.7 Å². The summed E-state index contributed by atoms with van der Waals surface area (Å²) in [5.74, 6) is -0.169. The number of carbonyl (C=O) groups excluding carboxylic acids is 2. The maximum Gasteiger partial charge on any atom is 0.217 e. The quantitative estimate of drug-likeness (QED) is 0.854. The second-order valence-electron chi connectivity index (χ2n) is 4.67. The summed E-state index contributed by atoms with van der Waals surface area (Å²) in [7, 11) is -1.33. The molecule has 0 saturated carbocycles. The van der Waals surface area contributed by atoms with Gasteiger partial charge in [0.1, 0.15) is 8.40 Å². The molecule has 0 saturated heterocycles. The third-order valence-electron chi connectivity index (χ3n) is 3.03. The summed E-state index contributed by atoms with van der Waals surface area (Å²) in [6, 6.07) is 15.0. The van der Waals surface area contributed by atoms with E-state index in [2.05, 4.69) is 5.32 Å². The van der Waals surface area contributed by atoms with E-state index in [4.69, 9.17) is 0 Å². The van der Waals surface area contributed by atoms with Crippen LogP contribution in [-0.2, 0) is 11.2 Å². The van der Waals surface area contributed by atoms with E-state index in [0.29, 0.717) is 6.42 Å². The molecule has 0 radical (unpaired) electrons. The van der Waals surface area contributed by atoms with Crippen molar-refractivity contribution in [3.63, 3.8) is 0 Å². The third kappa shape index (κ3) is 3.96. The van der Waals surface area contributed by atoms with Crippen LogP contribution in [0.5, 0.6) is 0 Å². The highest BCUT2D eigenvalue weighted by atomic mass is 28.2. The van der Waals surface area contributed by atoms with Crippen molar-refractivity contribution in [3.05, 3.63) is 65.4 Å². The van der Waals surface area contributed by atoms with E-state index >= 15 is 0 Å². The molecular weight excluding hydrogens is 266 g/mol. The Balaban J connectivity index is 2.19. The molecule has 2 aromatic rings. The smallest absolute Gasteiger partial charge is 0.217 e. The second kappa shape index (κ2) is 6.91. The van der Waals surface area contributed by atoms with Crippen molar-refractivity contribution in [2.45, 2.75) is 19.4 Å². The highest BCUT2D eigenvalue weighted by Crippen LogP contribution is 2.05. The molecule has 0 bridgehead atoms. The topological polar surface area (TPSA) is 46.2 Å². The van der Waals surface area contributed by atoms with E-state index in [0.717, 1.165) is 5.56 Å². The molecule has 20 heavy (non-hydrogen) atoms. The molecule has 2 rings (SSSR count). The van der Waals surface area contributed by atoms with E-state index < -0.39 is 14.4 Å². The van der Waals surface area contributed by atoms with Gasteiger partial charge in [-0.15, -0.1) is 0 Å². The fraction of sp³-hybridized carbons (Fsp3) is 0.188. The normalized spacial score (nSPS) is 11.7. The van der Waals surface area contributed by atoms with Gasteiger partial charge in [-0.1, -0.05) is 59.9 Å². The van der Waals surface area contributed by atoms with Crippen LogP contribution in [0.2, 0.25) is 0 Å². The summed E-state index contributed by atoms with van der Waals surface area (Å²) < 4.78 is 0. The minimum atomic E-state index is -1.33. The van der Waals surface area contributed by atoms with Crippen LogP contribution >= 0.6 is 0 Å². The summed E-state index contributed by atoms with van der Waals surface area (Å²) in [5.41, 5.74) is 4.96. The Morgan fingerprint density at radius 1 is 1.05 bits per heavy atom. The standard InChI is InChI=1S/C16H17NO2Si/c1-13(18)17-15(12-14-8-4-2-5-9-14)16(19)20-10-6-3-7-11-20/h2-11,15H,12H2,1H3,(H,17,18)/t15-/m0/s1. The van der Waals surface area contributed by atoms with Crippen LogP contribution in [0.25, 0.3) is 0 Å². The van der Waals surface area contributed by atoms with Crippen molar-refractivity contribution in [1.29, 1.82) is 0 Å². The summed E-state index contributed by atoms with van der Waals surface area (Å²) in [6.45, 7) is 1.45. The number of amides is 1. The number of hydrogen-bond acceptors (Lipinski definition) is 2. The molecule has 1 heterocycles. The number of hydrogen-bond donors (Lipinski definition) is 1. The molecule has 0 aliphatic rings. The van der Waals surface area contributed by atoms with Crippen LogP contribution in [0.15, 0.2) is 59.9 Å². The average molecular weight is 283 g/mol. The average Bonchev–Trinajstić information content (AvgIpc) is 2.47. The zero-order valence-electron chi connectivity index (χ0n) is 11.4. The van der Waals surface area contributed by atoms with E-state index in [1.54, 1.807) is 0 Å². The highest BCUT2D eigenvalue weighted by Gasteiger charge is 2.21. The molecule has 1 aromatic heterocycles. The van der Waals surface area contributed by atoms with Gasteiger partial charge in [0.2, 0.25) is 5.91 Å². The van der Waals surface area contributed by atoms with Crippen molar-refractivity contribution in [1.82, 2.24) is 5.32 Å². The first-order chi connectivity index (χ1) is 9.66. The Kier molecular flexibility index (Phi) is 4.95. The van der Waals surface area contributed by atoms with Crippen LogP contribution in [-0.4, -0.2) is 25.8 Å². The summed E-state index contributed by atoms with van der Waals surface area (Å²) in [4.78, 5) is 23.9. The van der Waals surface area contributed by atoms with Gasteiger partial charge in [-0.25, -0.2) is 0 Å². The lowest BCUT2D eigenvalue weighted by atomic mass is 10.1. The second-order valence-corrected chi connectivity index (χ2v) is 6.74. The Bertz CT molecular complexity index is 584. The lowest BCUT2D eigenvalue weighted by Crippen LogP contribution is -2.44. The Labute approximate surface area is 120 Å². The first-order valence-corrected chi connectivity index (χ1v) is 8.22. The lowest BCUT2D eigenvalue weighted by Gasteiger charge is -2.17. The number of benzene rings is 1. The lowest BCUT2D eigenvalue weighted by molar-refractivity contribution is -0.119. The zero-order chi connectivity index (χ0) is 14.4. The summed E-state index contributed by atoms with van der Waals surface area (Å²) in [5, 5.41) is 2.90. The first-order valence-electron chi connectivity index (χ1n) is 6.57. The van der Waals surface area contributed by atoms with Crippen molar-refractivity contribution in [2.75, 3.05) is 0 Å². The SMILES string of the molecule is CC(=O)N[C@@H](Cc1ccccc1)C(=O)[si]1ccccc1. The van der Waals surface area contributed by atoms with Gasteiger partial charge in [-0.2, -0.15) is 0 Å². The number of rotatable bonds is 5. The summed E-state index contributed by atoms with van der Waals surface area (Å²) >= 11 is 0. The van der Waals surface area contributed by atoms with Gasteiger partial charge in [0.05, 0.1) is 6.04 Å². The minimum Gasteiger partial charge on any atom is -0.346 e. The molecule has 0 aliphatic carbocycles. The maximum atomic E-state index is 12.6. The fourth-order valence-electron chi connectivity index (χ4n) is 2.11. The van der Waals surface area contributed by atoms with Gasteiger partial charge in [0.15, 0.2) is 5.41 Å². The van der Waals surface area contributed by atoms with Crippen molar-refractivity contribution < 1.29 is 9.59 Å². The molecule has 0 unspecified atom stereocenters. The molecule has 4 heteroatoms.